The molecule has 0 atom stereocenters. The number of halogens is 1. The Hall–Kier alpha value is -0.640. The number of aromatic nitrogens is 1. The van der Waals surface area contributed by atoms with Crippen LogP contribution in [0.1, 0.15) is 19.4 Å². The van der Waals surface area contributed by atoms with E-state index in [1.807, 2.05) is 19.9 Å². The lowest BCUT2D eigenvalue weighted by atomic mass is 10.3. The van der Waals surface area contributed by atoms with Crippen molar-refractivity contribution in [3.63, 3.8) is 0 Å². The van der Waals surface area contributed by atoms with Gasteiger partial charge in [-0.15, -0.1) is 0 Å². The van der Waals surface area contributed by atoms with Crippen LogP contribution in [0, 0.1) is 0 Å². The Morgan fingerprint density at radius 1 is 1.53 bits per heavy atom. The van der Waals surface area contributed by atoms with E-state index in [1.54, 1.807) is 12.4 Å². The number of hydrogen-bond acceptors (Lipinski definition) is 3. The summed E-state index contributed by atoms with van der Waals surface area (Å²) in [5, 5.41) is 3.96. The zero-order chi connectivity index (χ0) is 11.1. The number of pyridine rings is 1. The fraction of sp³-hybridized carbons (Fsp3) is 0.545. The van der Waals surface area contributed by atoms with Gasteiger partial charge >= 0.3 is 0 Å². The zero-order valence-electron chi connectivity index (χ0n) is 9.16. The normalized spacial score (nSPS) is 10.9. The summed E-state index contributed by atoms with van der Waals surface area (Å²) in [7, 11) is 0. The molecule has 0 aromatic carbocycles. The topological polar surface area (TPSA) is 34.1 Å². The van der Waals surface area contributed by atoms with Crippen molar-refractivity contribution in [1.29, 1.82) is 0 Å². The molecule has 0 saturated heterocycles. The van der Waals surface area contributed by atoms with E-state index < -0.39 is 0 Å². The number of rotatable bonds is 6. The Balaban J connectivity index is 2.18. The SMILES string of the molecule is CC(C)OCCNCc1ccncc1Cl. The summed E-state index contributed by atoms with van der Waals surface area (Å²) in [4.78, 5) is 3.93. The van der Waals surface area contributed by atoms with E-state index in [1.165, 1.54) is 0 Å². The molecule has 1 aromatic rings. The van der Waals surface area contributed by atoms with Crippen LogP contribution in [0.25, 0.3) is 0 Å². The van der Waals surface area contributed by atoms with Crippen LogP contribution in [-0.2, 0) is 11.3 Å². The molecular formula is C11H17ClN2O. The van der Waals surface area contributed by atoms with Gasteiger partial charge < -0.3 is 10.1 Å². The Morgan fingerprint density at radius 2 is 2.33 bits per heavy atom. The van der Waals surface area contributed by atoms with Crippen LogP contribution in [0.5, 0.6) is 0 Å². The minimum Gasteiger partial charge on any atom is -0.377 e. The number of ether oxygens (including phenoxy) is 1. The highest BCUT2D eigenvalue weighted by atomic mass is 35.5. The van der Waals surface area contributed by atoms with Crippen LogP contribution in [0.4, 0.5) is 0 Å². The molecule has 84 valence electrons. The van der Waals surface area contributed by atoms with Crippen molar-refractivity contribution in [2.24, 2.45) is 0 Å². The molecule has 0 bridgehead atoms. The van der Waals surface area contributed by atoms with Crippen LogP contribution in [0.15, 0.2) is 18.5 Å². The van der Waals surface area contributed by atoms with Gasteiger partial charge in [-0.1, -0.05) is 11.6 Å². The lowest BCUT2D eigenvalue weighted by Crippen LogP contribution is -2.21. The van der Waals surface area contributed by atoms with Gasteiger partial charge in [0.25, 0.3) is 0 Å². The summed E-state index contributed by atoms with van der Waals surface area (Å²) in [5.41, 5.74) is 1.07. The highest BCUT2D eigenvalue weighted by molar-refractivity contribution is 6.31. The molecule has 0 radical (unpaired) electrons. The Morgan fingerprint density at radius 3 is 3.00 bits per heavy atom. The van der Waals surface area contributed by atoms with Gasteiger partial charge in [0.1, 0.15) is 0 Å². The summed E-state index contributed by atoms with van der Waals surface area (Å²) in [5.74, 6) is 0. The van der Waals surface area contributed by atoms with Gasteiger partial charge in [0.05, 0.1) is 17.7 Å². The molecule has 0 aliphatic carbocycles. The smallest absolute Gasteiger partial charge is 0.0634 e. The Bertz CT molecular complexity index is 292. The van der Waals surface area contributed by atoms with Crippen LogP contribution in [0.2, 0.25) is 5.02 Å². The average Bonchev–Trinajstić information content (AvgIpc) is 2.20. The van der Waals surface area contributed by atoms with Gasteiger partial charge in [-0.05, 0) is 25.5 Å². The highest BCUT2D eigenvalue weighted by Crippen LogP contribution is 2.12. The first kappa shape index (κ1) is 12.4. The molecule has 0 aliphatic rings. The maximum atomic E-state index is 5.95. The van der Waals surface area contributed by atoms with E-state index in [2.05, 4.69) is 10.3 Å². The van der Waals surface area contributed by atoms with E-state index in [9.17, 15) is 0 Å². The van der Waals surface area contributed by atoms with Gasteiger partial charge in [0, 0.05) is 25.5 Å². The van der Waals surface area contributed by atoms with Crippen LogP contribution < -0.4 is 5.32 Å². The first-order valence-corrected chi connectivity index (χ1v) is 5.48. The molecule has 3 nitrogen and oxygen atoms in total. The monoisotopic (exact) mass is 228 g/mol. The standard InChI is InChI=1S/C11H17ClN2O/c1-9(2)15-6-5-14-7-10-3-4-13-8-11(10)12/h3-4,8-9,14H,5-7H2,1-2H3. The maximum Gasteiger partial charge on any atom is 0.0634 e. The van der Waals surface area contributed by atoms with Crippen molar-refractivity contribution in [2.75, 3.05) is 13.2 Å². The second-order valence-electron chi connectivity index (χ2n) is 3.56. The average molecular weight is 229 g/mol. The molecule has 0 unspecified atom stereocenters. The third kappa shape index (κ3) is 5.11. The molecular weight excluding hydrogens is 212 g/mol. The molecule has 0 spiro atoms. The molecule has 0 aliphatic heterocycles. The molecule has 1 rings (SSSR count). The minimum absolute atomic E-state index is 0.288. The fourth-order valence-corrected chi connectivity index (χ4v) is 1.32. The van der Waals surface area contributed by atoms with E-state index in [0.29, 0.717) is 5.02 Å². The summed E-state index contributed by atoms with van der Waals surface area (Å²) in [6.45, 7) is 6.36. The summed E-state index contributed by atoms with van der Waals surface area (Å²) in [6.07, 6.45) is 3.69. The van der Waals surface area contributed by atoms with E-state index in [0.717, 1.165) is 25.3 Å². The molecule has 0 fully saturated rings. The molecule has 1 aromatic heterocycles. The van der Waals surface area contributed by atoms with Crippen molar-refractivity contribution in [2.45, 2.75) is 26.5 Å². The second-order valence-corrected chi connectivity index (χ2v) is 3.97. The summed E-state index contributed by atoms with van der Waals surface area (Å²) in [6, 6.07) is 1.92. The zero-order valence-corrected chi connectivity index (χ0v) is 9.92. The van der Waals surface area contributed by atoms with Crippen molar-refractivity contribution in [1.82, 2.24) is 10.3 Å². The molecule has 0 saturated carbocycles. The summed E-state index contributed by atoms with van der Waals surface area (Å²) >= 11 is 5.95. The van der Waals surface area contributed by atoms with E-state index in [-0.39, 0.29) is 6.10 Å². The Kier molecular flexibility index (Phi) is 5.61. The molecule has 1 N–H and O–H groups in total. The lowest BCUT2D eigenvalue weighted by Gasteiger charge is -2.09. The van der Waals surface area contributed by atoms with Crippen molar-refractivity contribution in [3.8, 4) is 0 Å². The number of nitrogens with zero attached hydrogens (tertiary/aromatic N) is 1. The van der Waals surface area contributed by atoms with Gasteiger partial charge in [0.2, 0.25) is 0 Å². The van der Waals surface area contributed by atoms with Crippen LogP contribution >= 0.6 is 11.6 Å². The van der Waals surface area contributed by atoms with Crippen LogP contribution in [-0.4, -0.2) is 24.2 Å². The van der Waals surface area contributed by atoms with E-state index in [4.69, 9.17) is 16.3 Å². The number of nitrogens with one attached hydrogen (secondary N) is 1. The molecule has 15 heavy (non-hydrogen) atoms. The minimum atomic E-state index is 0.288. The third-order valence-electron chi connectivity index (χ3n) is 1.90. The lowest BCUT2D eigenvalue weighted by molar-refractivity contribution is 0.0807. The van der Waals surface area contributed by atoms with Gasteiger partial charge in [0.15, 0.2) is 0 Å². The first-order chi connectivity index (χ1) is 7.20. The predicted octanol–water partition coefficient (Wildman–Crippen LogP) is 2.25. The summed E-state index contributed by atoms with van der Waals surface area (Å²) < 4.78 is 5.40. The van der Waals surface area contributed by atoms with Crippen LogP contribution in [0.3, 0.4) is 0 Å². The molecule has 0 amide bonds. The fourth-order valence-electron chi connectivity index (χ4n) is 1.14. The highest BCUT2D eigenvalue weighted by Gasteiger charge is 1.98. The van der Waals surface area contributed by atoms with Crippen molar-refractivity contribution >= 4 is 11.6 Å². The molecule has 4 heteroatoms. The van der Waals surface area contributed by atoms with Crippen molar-refractivity contribution < 1.29 is 4.74 Å². The molecule has 1 heterocycles. The largest absolute Gasteiger partial charge is 0.377 e. The van der Waals surface area contributed by atoms with E-state index >= 15 is 0 Å². The predicted molar refractivity (Wildman–Crippen MR) is 62.0 cm³/mol. The first-order valence-electron chi connectivity index (χ1n) is 5.11. The Labute approximate surface area is 95.8 Å². The van der Waals surface area contributed by atoms with Gasteiger partial charge in [-0.25, -0.2) is 0 Å². The third-order valence-corrected chi connectivity index (χ3v) is 2.24. The van der Waals surface area contributed by atoms with Crippen molar-refractivity contribution in [3.05, 3.63) is 29.0 Å². The van der Waals surface area contributed by atoms with Gasteiger partial charge in [-0.3, -0.25) is 4.98 Å². The second kappa shape index (κ2) is 6.77. The van der Waals surface area contributed by atoms with Gasteiger partial charge in [-0.2, -0.15) is 0 Å². The maximum absolute atomic E-state index is 5.95. The quantitative estimate of drug-likeness (QED) is 0.759. The number of hydrogen-bond donors (Lipinski definition) is 1.